The summed E-state index contributed by atoms with van der Waals surface area (Å²) in [6, 6.07) is 11.3. The molecule has 2 aliphatic carbocycles. The molecule has 1 heterocycles. The molecule has 0 bridgehead atoms. The molecule has 2 saturated carbocycles. The van der Waals surface area contributed by atoms with Gasteiger partial charge >= 0.3 is 0 Å². The Morgan fingerprint density at radius 1 is 0.700 bits per heavy atom. The highest BCUT2D eigenvalue weighted by Gasteiger charge is 2.35. The number of hydrogen-bond donors (Lipinski definition) is 0. The Bertz CT molecular complexity index is 1050. The second kappa shape index (κ2) is 14.2. The fourth-order valence-corrected chi connectivity index (χ4v) is 7.69. The SMILES string of the molecule is CCCC1CCC(C2CCC(C3CCC(c4ccc(COc5ccc(OCC)c(F)c5F)cc4)CC3)CC2)OC1. The van der Waals surface area contributed by atoms with Crippen molar-refractivity contribution in [3.63, 3.8) is 0 Å². The van der Waals surface area contributed by atoms with E-state index in [1.54, 1.807) is 6.92 Å². The fraction of sp³-hybridized carbons (Fsp3) is 0.657. The van der Waals surface area contributed by atoms with Gasteiger partial charge in [0, 0.05) is 6.61 Å². The predicted molar refractivity (Wildman–Crippen MR) is 156 cm³/mol. The molecular weight excluding hydrogens is 506 g/mol. The predicted octanol–water partition coefficient (Wildman–Crippen LogP) is 9.62. The Morgan fingerprint density at radius 3 is 1.88 bits per heavy atom. The molecule has 0 aromatic heterocycles. The van der Waals surface area contributed by atoms with Crippen LogP contribution in [0.15, 0.2) is 36.4 Å². The van der Waals surface area contributed by atoms with Crippen molar-refractivity contribution in [2.24, 2.45) is 23.7 Å². The molecule has 5 rings (SSSR count). The molecule has 5 heteroatoms. The molecule has 1 aliphatic heterocycles. The lowest BCUT2D eigenvalue weighted by Crippen LogP contribution is -2.35. The Hall–Kier alpha value is -2.14. The van der Waals surface area contributed by atoms with Crippen molar-refractivity contribution in [2.75, 3.05) is 13.2 Å². The molecule has 3 nitrogen and oxygen atoms in total. The smallest absolute Gasteiger partial charge is 0.204 e. The summed E-state index contributed by atoms with van der Waals surface area (Å²) < 4.78 is 45.5. The van der Waals surface area contributed by atoms with Gasteiger partial charge in [-0.2, -0.15) is 8.78 Å². The molecule has 220 valence electrons. The molecule has 2 aromatic carbocycles. The van der Waals surface area contributed by atoms with Crippen molar-refractivity contribution in [3.8, 4) is 11.5 Å². The molecule has 0 amide bonds. The number of benzene rings is 2. The van der Waals surface area contributed by atoms with Gasteiger partial charge in [0.1, 0.15) is 6.61 Å². The van der Waals surface area contributed by atoms with Gasteiger partial charge in [-0.1, -0.05) is 37.6 Å². The largest absolute Gasteiger partial charge is 0.491 e. The first-order chi connectivity index (χ1) is 19.6. The van der Waals surface area contributed by atoms with Crippen LogP contribution in [-0.2, 0) is 11.3 Å². The van der Waals surface area contributed by atoms with Crippen LogP contribution in [0.25, 0.3) is 0 Å². The minimum absolute atomic E-state index is 0.0893. The van der Waals surface area contributed by atoms with E-state index >= 15 is 0 Å². The zero-order valence-electron chi connectivity index (χ0n) is 24.5. The summed E-state index contributed by atoms with van der Waals surface area (Å²) in [6.45, 7) is 5.50. The van der Waals surface area contributed by atoms with Crippen LogP contribution in [0.5, 0.6) is 11.5 Å². The van der Waals surface area contributed by atoms with Crippen LogP contribution in [0.4, 0.5) is 8.78 Å². The summed E-state index contributed by atoms with van der Waals surface area (Å²) in [4.78, 5) is 0. The van der Waals surface area contributed by atoms with E-state index in [4.69, 9.17) is 14.2 Å². The zero-order chi connectivity index (χ0) is 27.9. The van der Waals surface area contributed by atoms with E-state index in [1.807, 2.05) is 0 Å². The van der Waals surface area contributed by atoms with E-state index in [-0.39, 0.29) is 24.7 Å². The molecule has 3 aliphatic rings. The first-order valence-electron chi connectivity index (χ1n) is 16.0. The first-order valence-corrected chi connectivity index (χ1v) is 16.0. The van der Waals surface area contributed by atoms with E-state index in [2.05, 4.69) is 31.2 Å². The molecular formula is C35H48F2O3. The molecule has 2 aromatic rings. The summed E-state index contributed by atoms with van der Waals surface area (Å²) in [5.74, 6) is 1.81. The first kappa shape index (κ1) is 29.4. The van der Waals surface area contributed by atoms with Gasteiger partial charge in [-0.25, -0.2) is 0 Å². The van der Waals surface area contributed by atoms with Gasteiger partial charge in [0.15, 0.2) is 11.5 Å². The Morgan fingerprint density at radius 2 is 1.30 bits per heavy atom. The standard InChI is InChI=1S/C35H48F2O3/c1-3-5-24-8-19-31(39-22-24)30-17-15-29(16-18-30)28-13-11-27(12-14-28)26-9-6-25(7-10-26)23-40-33-21-20-32(38-4-2)34(36)35(33)37/h6-7,9-10,20-21,24,27-31H,3-5,8,11-19,22-23H2,1-2H3. The zero-order valence-corrected chi connectivity index (χ0v) is 24.5. The summed E-state index contributed by atoms with van der Waals surface area (Å²) in [6.07, 6.45) is 16.5. The average molecular weight is 555 g/mol. The van der Waals surface area contributed by atoms with E-state index in [0.717, 1.165) is 35.8 Å². The molecule has 2 atom stereocenters. The van der Waals surface area contributed by atoms with E-state index < -0.39 is 11.6 Å². The summed E-state index contributed by atoms with van der Waals surface area (Å²) in [5.41, 5.74) is 2.34. The quantitative estimate of drug-likeness (QED) is 0.293. The maximum Gasteiger partial charge on any atom is 0.204 e. The number of ether oxygens (including phenoxy) is 3. The van der Waals surface area contributed by atoms with Crippen LogP contribution in [-0.4, -0.2) is 19.3 Å². The normalized spacial score (nSPS) is 29.2. The second-order valence-electron chi connectivity index (χ2n) is 12.5. The van der Waals surface area contributed by atoms with Gasteiger partial charge in [0.05, 0.1) is 12.7 Å². The van der Waals surface area contributed by atoms with Crippen LogP contribution in [0, 0.1) is 35.3 Å². The topological polar surface area (TPSA) is 27.7 Å². The van der Waals surface area contributed by atoms with Crippen molar-refractivity contribution >= 4 is 0 Å². The minimum atomic E-state index is -1.00. The molecule has 1 saturated heterocycles. The van der Waals surface area contributed by atoms with Gasteiger partial charge in [-0.3, -0.25) is 0 Å². The highest BCUT2D eigenvalue weighted by atomic mass is 19.2. The Labute approximate surface area is 240 Å². The van der Waals surface area contributed by atoms with Crippen molar-refractivity contribution < 1.29 is 23.0 Å². The maximum atomic E-state index is 14.3. The van der Waals surface area contributed by atoms with Crippen LogP contribution in [0.2, 0.25) is 0 Å². The number of hydrogen-bond acceptors (Lipinski definition) is 3. The second-order valence-corrected chi connectivity index (χ2v) is 12.5. The van der Waals surface area contributed by atoms with Crippen molar-refractivity contribution in [2.45, 2.75) is 110 Å². The lowest BCUT2D eigenvalue weighted by atomic mass is 9.67. The Kier molecular flexibility index (Phi) is 10.4. The van der Waals surface area contributed by atoms with E-state index in [9.17, 15) is 8.78 Å². The van der Waals surface area contributed by atoms with Gasteiger partial charge in [0.2, 0.25) is 11.6 Å². The van der Waals surface area contributed by atoms with Crippen LogP contribution >= 0.6 is 0 Å². The minimum Gasteiger partial charge on any atom is -0.491 e. The summed E-state index contributed by atoms with van der Waals surface area (Å²) in [5, 5.41) is 0. The summed E-state index contributed by atoms with van der Waals surface area (Å²) in [7, 11) is 0. The molecule has 0 radical (unpaired) electrons. The third-order valence-electron chi connectivity index (χ3n) is 10.0. The van der Waals surface area contributed by atoms with Gasteiger partial charge in [0.25, 0.3) is 0 Å². The highest BCUT2D eigenvalue weighted by Crippen LogP contribution is 2.45. The molecule has 0 N–H and O–H groups in total. The monoisotopic (exact) mass is 554 g/mol. The van der Waals surface area contributed by atoms with Gasteiger partial charge < -0.3 is 14.2 Å². The lowest BCUT2D eigenvalue weighted by molar-refractivity contribution is -0.0617. The lowest BCUT2D eigenvalue weighted by Gasteiger charge is -2.41. The average Bonchev–Trinajstić information content (AvgIpc) is 3.00. The van der Waals surface area contributed by atoms with Crippen LogP contribution in [0.3, 0.4) is 0 Å². The molecule has 40 heavy (non-hydrogen) atoms. The Balaban J connectivity index is 1.04. The summed E-state index contributed by atoms with van der Waals surface area (Å²) >= 11 is 0. The van der Waals surface area contributed by atoms with Crippen molar-refractivity contribution in [1.29, 1.82) is 0 Å². The van der Waals surface area contributed by atoms with Crippen molar-refractivity contribution in [3.05, 3.63) is 59.2 Å². The van der Waals surface area contributed by atoms with E-state index in [1.165, 1.54) is 94.7 Å². The number of halogens is 2. The number of rotatable bonds is 10. The van der Waals surface area contributed by atoms with Crippen LogP contribution < -0.4 is 9.47 Å². The molecule has 3 fully saturated rings. The van der Waals surface area contributed by atoms with Gasteiger partial charge in [-0.15, -0.1) is 0 Å². The third kappa shape index (κ3) is 7.19. The molecule has 2 unspecified atom stereocenters. The maximum absolute atomic E-state index is 14.3. The molecule has 0 spiro atoms. The fourth-order valence-electron chi connectivity index (χ4n) is 7.69. The van der Waals surface area contributed by atoms with Crippen molar-refractivity contribution in [1.82, 2.24) is 0 Å². The van der Waals surface area contributed by atoms with Gasteiger partial charge in [-0.05, 0) is 130 Å². The van der Waals surface area contributed by atoms with Crippen LogP contribution in [0.1, 0.15) is 108 Å². The highest BCUT2D eigenvalue weighted by molar-refractivity contribution is 5.35. The van der Waals surface area contributed by atoms with E-state index in [0.29, 0.717) is 12.0 Å². The third-order valence-corrected chi connectivity index (χ3v) is 10.0.